The fourth-order valence-corrected chi connectivity index (χ4v) is 2.12. The van der Waals surface area contributed by atoms with E-state index in [1.165, 1.54) is 6.33 Å². The highest BCUT2D eigenvalue weighted by atomic mass is 16.5. The van der Waals surface area contributed by atoms with E-state index < -0.39 is 0 Å². The molecule has 3 rings (SSSR count). The molecule has 0 saturated carbocycles. The van der Waals surface area contributed by atoms with Gasteiger partial charge in [-0.05, 0) is 31.2 Å². The van der Waals surface area contributed by atoms with E-state index in [9.17, 15) is 4.79 Å². The third-order valence-corrected chi connectivity index (χ3v) is 3.30. The summed E-state index contributed by atoms with van der Waals surface area (Å²) in [7, 11) is 0. The number of benzene rings is 2. The number of urea groups is 1. The Morgan fingerprint density at radius 3 is 2.62 bits per heavy atom. The zero-order chi connectivity index (χ0) is 16.8. The minimum Gasteiger partial charge on any atom is -0.455 e. The van der Waals surface area contributed by atoms with Crippen LogP contribution in [0.3, 0.4) is 0 Å². The van der Waals surface area contributed by atoms with Gasteiger partial charge < -0.3 is 15.4 Å². The summed E-state index contributed by atoms with van der Waals surface area (Å²) in [5.74, 6) is 1.84. The molecule has 1 heterocycles. The molecule has 0 saturated heterocycles. The monoisotopic (exact) mass is 323 g/mol. The number of H-pyrrole nitrogens is 1. The maximum absolute atomic E-state index is 12.2. The minimum atomic E-state index is -0.358. The highest BCUT2D eigenvalue weighted by Gasteiger charge is 2.13. The summed E-state index contributed by atoms with van der Waals surface area (Å²) in [6.45, 7) is 1.81. The number of aromatic nitrogens is 3. The van der Waals surface area contributed by atoms with E-state index in [0.29, 0.717) is 23.0 Å². The van der Waals surface area contributed by atoms with Crippen molar-refractivity contribution in [3.63, 3.8) is 0 Å². The van der Waals surface area contributed by atoms with Gasteiger partial charge in [0.2, 0.25) is 0 Å². The first-order valence-electron chi connectivity index (χ1n) is 7.47. The van der Waals surface area contributed by atoms with E-state index in [4.69, 9.17) is 4.74 Å². The number of hydrogen-bond acceptors (Lipinski definition) is 4. The van der Waals surface area contributed by atoms with Crippen molar-refractivity contribution in [2.24, 2.45) is 0 Å². The number of nitrogens with one attached hydrogen (secondary N) is 3. The van der Waals surface area contributed by atoms with E-state index >= 15 is 0 Å². The third kappa shape index (κ3) is 3.89. The second-order valence-corrected chi connectivity index (χ2v) is 5.10. The van der Waals surface area contributed by atoms with Crippen molar-refractivity contribution in [1.82, 2.24) is 20.5 Å². The topological polar surface area (TPSA) is 91.9 Å². The van der Waals surface area contributed by atoms with Gasteiger partial charge in [-0.25, -0.2) is 9.78 Å². The molecular formula is C17H17N5O2. The second-order valence-electron chi connectivity index (χ2n) is 5.10. The molecule has 1 aromatic heterocycles. The molecule has 0 unspecified atom stereocenters. The van der Waals surface area contributed by atoms with E-state index in [2.05, 4.69) is 25.8 Å². The zero-order valence-corrected chi connectivity index (χ0v) is 13.1. The van der Waals surface area contributed by atoms with E-state index in [1.54, 1.807) is 12.1 Å². The van der Waals surface area contributed by atoms with Crippen LogP contribution in [0.1, 0.15) is 18.8 Å². The van der Waals surface area contributed by atoms with Crippen LogP contribution in [0.5, 0.6) is 11.5 Å². The maximum atomic E-state index is 12.2. The molecular weight excluding hydrogens is 306 g/mol. The number of carbonyl (C=O) groups excluding carboxylic acids is 1. The van der Waals surface area contributed by atoms with Crippen LogP contribution in [0.4, 0.5) is 10.5 Å². The van der Waals surface area contributed by atoms with Gasteiger partial charge >= 0.3 is 6.03 Å². The molecule has 0 fully saturated rings. The van der Waals surface area contributed by atoms with Gasteiger partial charge in [0.1, 0.15) is 17.9 Å². The molecule has 0 radical (unpaired) electrons. The molecule has 24 heavy (non-hydrogen) atoms. The molecule has 0 aliphatic rings. The maximum Gasteiger partial charge on any atom is 0.319 e. The number of ether oxygens (including phenoxy) is 1. The Bertz CT molecular complexity index is 790. The zero-order valence-electron chi connectivity index (χ0n) is 13.1. The van der Waals surface area contributed by atoms with E-state index in [-0.39, 0.29) is 12.1 Å². The van der Waals surface area contributed by atoms with Crippen molar-refractivity contribution in [2.75, 3.05) is 5.32 Å². The lowest BCUT2D eigenvalue weighted by Crippen LogP contribution is -2.31. The SMILES string of the molecule is C[C@@H](NC(=O)Nc1ccccc1Oc1ccccc1)c1ncn[nH]1. The molecule has 3 aromatic rings. The number of hydrogen-bond donors (Lipinski definition) is 3. The highest BCUT2D eigenvalue weighted by molar-refractivity contribution is 5.91. The summed E-state index contributed by atoms with van der Waals surface area (Å²) in [5, 5.41) is 12.1. The van der Waals surface area contributed by atoms with Crippen molar-refractivity contribution in [3.05, 3.63) is 66.7 Å². The van der Waals surface area contributed by atoms with Crippen molar-refractivity contribution in [3.8, 4) is 11.5 Å². The first-order valence-corrected chi connectivity index (χ1v) is 7.47. The number of amides is 2. The van der Waals surface area contributed by atoms with Gasteiger partial charge in [0.25, 0.3) is 0 Å². The summed E-state index contributed by atoms with van der Waals surface area (Å²) in [5.41, 5.74) is 0.573. The lowest BCUT2D eigenvalue weighted by atomic mass is 10.3. The lowest BCUT2D eigenvalue weighted by Gasteiger charge is -2.15. The normalized spacial score (nSPS) is 11.5. The second kappa shape index (κ2) is 7.28. The molecule has 0 aliphatic carbocycles. The quantitative estimate of drug-likeness (QED) is 0.670. The summed E-state index contributed by atoms with van der Waals surface area (Å²) in [6.07, 6.45) is 1.40. The Labute approximate surface area is 139 Å². The van der Waals surface area contributed by atoms with Crippen LogP contribution in [0.2, 0.25) is 0 Å². The van der Waals surface area contributed by atoms with Gasteiger partial charge in [-0.3, -0.25) is 5.10 Å². The van der Waals surface area contributed by atoms with E-state index in [0.717, 1.165) is 0 Å². The average molecular weight is 323 g/mol. The Morgan fingerprint density at radius 1 is 1.12 bits per heavy atom. The molecule has 3 N–H and O–H groups in total. The highest BCUT2D eigenvalue weighted by Crippen LogP contribution is 2.29. The van der Waals surface area contributed by atoms with Crippen LogP contribution in [-0.4, -0.2) is 21.2 Å². The molecule has 0 bridgehead atoms. The summed E-state index contributed by atoms with van der Waals surface area (Å²) in [4.78, 5) is 16.2. The molecule has 122 valence electrons. The van der Waals surface area contributed by atoms with Crippen molar-refractivity contribution in [2.45, 2.75) is 13.0 Å². The van der Waals surface area contributed by atoms with Crippen LogP contribution in [0.25, 0.3) is 0 Å². The van der Waals surface area contributed by atoms with Gasteiger partial charge in [0, 0.05) is 0 Å². The molecule has 0 spiro atoms. The molecule has 7 nitrogen and oxygen atoms in total. The van der Waals surface area contributed by atoms with Gasteiger partial charge in [-0.1, -0.05) is 30.3 Å². The number of carbonyl (C=O) groups is 1. The molecule has 2 amide bonds. The smallest absolute Gasteiger partial charge is 0.319 e. The van der Waals surface area contributed by atoms with Gasteiger partial charge in [-0.15, -0.1) is 0 Å². The summed E-state index contributed by atoms with van der Waals surface area (Å²) < 4.78 is 5.82. The number of anilines is 1. The van der Waals surface area contributed by atoms with Gasteiger partial charge in [0.05, 0.1) is 11.7 Å². The number of para-hydroxylation sites is 3. The Hall–Kier alpha value is -3.35. The van der Waals surface area contributed by atoms with Gasteiger partial charge in [0.15, 0.2) is 5.75 Å². The minimum absolute atomic E-state index is 0.297. The third-order valence-electron chi connectivity index (χ3n) is 3.30. The van der Waals surface area contributed by atoms with Gasteiger partial charge in [-0.2, -0.15) is 5.10 Å². The Morgan fingerprint density at radius 2 is 1.88 bits per heavy atom. The first-order chi connectivity index (χ1) is 11.7. The summed E-state index contributed by atoms with van der Waals surface area (Å²) >= 11 is 0. The number of aromatic amines is 1. The fourth-order valence-electron chi connectivity index (χ4n) is 2.12. The first kappa shape index (κ1) is 15.5. The molecule has 2 aromatic carbocycles. The van der Waals surface area contributed by atoms with Crippen LogP contribution >= 0.6 is 0 Å². The average Bonchev–Trinajstić information content (AvgIpc) is 3.12. The van der Waals surface area contributed by atoms with E-state index in [1.807, 2.05) is 49.4 Å². The predicted octanol–water partition coefficient (Wildman–Crippen LogP) is 3.48. The van der Waals surface area contributed by atoms with Crippen LogP contribution < -0.4 is 15.4 Å². The Balaban J connectivity index is 1.67. The fraction of sp³-hybridized carbons (Fsp3) is 0.118. The van der Waals surface area contributed by atoms with Crippen LogP contribution in [-0.2, 0) is 0 Å². The molecule has 0 aliphatic heterocycles. The van der Waals surface area contributed by atoms with Crippen LogP contribution in [0.15, 0.2) is 60.9 Å². The lowest BCUT2D eigenvalue weighted by molar-refractivity contribution is 0.249. The Kier molecular flexibility index (Phi) is 4.71. The standard InChI is InChI=1S/C17H17N5O2/c1-12(16-18-11-19-22-16)20-17(23)21-14-9-5-6-10-15(14)24-13-7-3-2-4-8-13/h2-12H,1H3,(H,18,19,22)(H2,20,21,23)/t12-/m1/s1. The van der Waals surface area contributed by atoms with Crippen molar-refractivity contribution < 1.29 is 9.53 Å². The largest absolute Gasteiger partial charge is 0.455 e. The number of rotatable bonds is 5. The predicted molar refractivity (Wildman–Crippen MR) is 89.9 cm³/mol. The van der Waals surface area contributed by atoms with Crippen LogP contribution in [0, 0.1) is 0 Å². The summed E-state index contributed by atoms with van der Waals surface area (Å²) in [6, 6.07) is 16.0. The number of nitrogens with zero attached hydrogens (tertiary/aromatic N) is 2. The van der Waals surface area contributed by atoms with Crippen molar-refractivity contribution in [1.29, 1.82) is 0 Å². The molecule has 1 atom stereocenters. The van der Waals surface area contributed by atoms with Crippen molar-refractivity contribution >= 4 is 11.7 Å². The molecule has 7 heteroatoms.